The molecular weight excluding hydrogens is 812 g/mol. The molecule has 0 spiro atoms. The summed E-state index contributed by atoms with van der Waals surface area (Å²) in [5, 5.41) is 56.5. The van der Waals surface area contributed by atoms with Gasteiger partial charge in [0.1, 0.15) is 17.5 Å². The molecule has 0 saturated heterocycles. The van der Waals surface area contributed by atoms with Crippen LogP contribution in [0.25, 0.3) is 0 Å². The monoisotopic (exact) mass is 843 g/mol. The second-order valence-electron chi connectivity index (χ2n) is 9.57. The Labute approximate surface area is 278 Å². The molecule has 0 unspecified atom stereocenters. The lowest BCUT2D eigenvalue weighted by Crippen LogP contribution is -2.50. The van der Waals surface area contributed by atoms with Crippen molar-refractivity contribution in [3.63, 3.8) is 0 Å². The number of nitrogens with zero attached hydrogens (tertiary/aromatic N) is 3. The van der Waals surface area contributed by atoms with Gasteiger partial charge < -0.3 is 35.4 Å². The number of hydrogen-bond donors (Lipinski definition) is 6. The predicted molar refractivity (Wildman–Crippen MR) is 170 cm³/mol. The third-order valence-corrected chi connectivity index (χ3v) is 7.71. The van der Waals surface area contributed by atoms with E-state index in [9.17, 15) is 54.6 Å². The van der Waals surface area contributed by atoms with Crippen LogP contribution in [-0.4, -0.2) is 134 Å². The van der Waals surface area contributed by atoms with Crippen LogP contribution in [0, 0.1) is 7.14 Å². The molecule has 0 saturated carbocycles. The molecule has 2 aromatic rings. The minimum Gasteiger partial charge on any atom is -0.508 e. The molecule has 0 amide bonds. The molecule has 15 nitrogen and oxygen atoms in total. The number of carboxylic acid groups (broad SMARTS) is 5. The summed E-state index contributed by atoms with van der Waals surface area (Å²) in [5.41, 5.74) is 0.607. The van der Waals surface area contributed by atoms with Gasteiger partial charge in [-0.1, -0.05) is 0 Å². The minimum atomic E-state index is -1.28. The smallest absolute Gasteiger partial charge is 0.321 e. The van der Waals surface area contributed by atoms with Gasteiger partial charge in [0.15, 0.2) is 5.75 Å². The van der Waals surface area contributed by atoms with Crippen molar-refractivity contribution in [1.82, 2.24) is 14.7 Å². The Balaban J connectivity index is 2.36. The molecule has 6 N–H and O–H groups in total. The van der Waals surface area contributed by atoms with E-state index in [2.05, 4.69) is 0 Å². The fraction of sp³-hybridized carbons (Fsp3) is 0.370. The second-order valence-corrected chi connectivity index (χ2v) is 11.9. The summed E-state index contributed by atoms with van der Waals surface area (Å²) in [7, 11) is 0. The van der Waals surface area contributed by atoms with Gasteiger partial charge in [-0.25, -0.2) is 0 Å². The SMILES string of the molecule is O=C(O)CN(CCN(CCN(CC(=O)O)CC(=O)O)[C@@H](Cc1cc(I)c(Oc2ccc(O)cc2)c(I)c1)C(=O)O)CC(=O)O. The molecule has 0 aliphatic rings. The average Bonchev–Trinajstić information content (AvgIpc) is 2.89. The molecule has 0 aromatic heterocycles. The molecule has 1 atom stereocenters. The maximum Gasteiger partial charge on any atom is 0.321 e. The van der Waals surface area contributed by atoms with Crippen LogP contribution in [-0.2, 0) is 30.4 Å². The molecule has 17 heteroatoms. The Bertz CT molecular complexity index is 1250. The van der Waals surface area contributed by atoms with Crippen LogP contribution < -0.4 is 4.74 Å². The van der Waals surface area contributed by atoms with E-state index in [1.54, 1.807) is 24.3 Å². The third-order valence-electron chi connectivity index (χ3n) is 6.11. The van der Waals surface area contributed by atoms with Gasteiger partial charge in [-0.3, -0.25) is 38.7 Å². The van der Waals surface area contributed by atoms with Crippen molar-refractivity contribution in [2.24, 2.45) is 0 Å². The highest BCUT2D eigenvalue weighted by Gasteiger charge is 2.29. The van der Waals surface area contributed by atoms with Crippen LogP contribution in [0.5, 0.6) is 17.2 Å². The van der Waals surface area contributed by atoms with Crippen LogP contribution in [0.1, 0.15) is 5.56 Å². The first-order valence-corrected chi connectivity index (χ1v) is 15.0. The summed E-state index contributed by atoms with van der Waals surface area (Å²) < 4.78 is 7.28. The van der Waals surface area contributed by atoms with Crippen LogP contribution >= 0.6 is 45.2 Å². The summed E-state index contributed by atoms with van der Waals surface area (Å²) in [6.45, 7) is -2.95. The van der Waals surface area contributed by atoms with E-state index in [1.165, 1.54) is 17.0 Å². The average molecular weight is 843 g/mol. The molecule has 0 aliphatic heterocycles. The lowest BCUT2D eigenvalue weighted by Gasteiger charge is -2.32. The number of benzene rings is 2. The van der Waals surface area contributed by atoms with Gasteiger partial charge in [0, 0.05) is 26.2 Å². The first-order chi connectivity index (χ1) is 20.6. The quantitative estimate of drug-likeness (QED) is 0.104. The van der Waals surface area contributed by atoms with E-state index < -0.39 is 62.1 Å². The Morgan fingerprint density at radius 1 is 0.682 bits per heavy atom. The van der Waals surface area contributed by atoms with Crippen molar-refractivity contribution >= 4 is 75.0 Å². The molecule has 44 heavy (non-hydrogen) atoms. The fourth-order valence-electron chi connectivity index (χ4n) is 4.21. The van der Waals surface area contributed by atoms with Crippen molar-refractivity contribution in [2.75, 3.05) is 52.4 Å². The summed E-state index contributed by atoms with van der Waals surface area (Å²) in [6, 6.07) is 8.35. The number of ether oxygens (including phenoxy) is 1. The van der Waals surface area contributed by atoms with Crippen LogP contribution in [0.15, 0.2) is 36.4 Å². The minimum absolute atomic E-state index is 0.0451. The molecule has 0 radical (unpaired) electrons. The van der Waals surface area contributed by atoms with Gasteiger partial charge in [-0.15, -0.1) is 0 Å². The van der Waals surface area contributed by atoms with Gasteiger partial charge in [-0.05, 0) is 93.6 Å². The lowest BCUT2D eigenvalue weighted by atomic mass is 10.0. The number of rotatable bonds is 20. The van der Waals surface area contributed by atoms with E-state index >= 15 is 0 Å². The van der Waals surface area contributed by atoms with Crippen molar-refractivity contribution in [3.05, 3.63) is 49.1 Å². The predicted octanol–water partition coefficient (Wildman–Crippen LogP) is 1.63. The highest BCUT2D eigenvalue weighted by molar-refractivity contribution is 14.1. The van der Waals surface area contributed by atoms with E-state index in [1.807, 2.05) is 45.2 Å². The molecule has 2 rings (SSSR count). The van der Waals surface area contributed by atoms with Crippen molar-refractivity contribution in [1.29, 1.82) is 0 Å². The topological polar surface area (TPSA) is 226 Å². The second kappa shape index (κ2) is 17.9. The molecule has 0 fully saturated rings. The van der Waals surface area contributed by atoms with Gasteiger partial charge in [0.05, 0.1) is 33.3 Å². The van der Waals surface area contributed by atoms with Crippen molar-refractivity contribution in [3.8, 4) is 17.2 Å². The number of phenolic OH excluding ortho intramolecular Hbond substituents is 1. The van der Waals surface area contributed by atoms with Crippen molar-refractivity contribution < 1.29 is 59.3 Å². The highest BCUT2D eigenvalue weighted by Crippen LogP contribution is 2.34. The molecule has 0 heterocycles. The standard InChI is InChI=1S/C27H31I2N3O12/c28-19-9-16(10-20(29)26(19)44-18-3-1-17(33)2-4-18)11-21(27(42)43)32(7-5-30(12-22(34)35)13-23(36)37)8-6-31(14-24(38)39)15-25(40)41/h1-4,9-10,21,33H,5-8,11-15H2,(H,34,35)(H,36,37)(H,38,39)(H,40,41)(H,42,43)/t21-/m0/s1. The maximum atomic E-state index is 12.6. The molecular formula is C27H31I2N3O12. The molecule has 0 aliphatic carbocycles. The Morgan fingerprint density at radius 3 is 1.45 bits per heavy atom. The van der Waals surface area contributed by atoms with E-state index in [0.717, 1.165) is 9.80 Å². The Hall–Kier alpha value is -3.27. The molecule has 0 bridgehead atoms. The Morgan fingerprint density at radius 2 is 1.09 bits per heavy atom. The normalized spacial score (nSPS) is 11.9. The van der Waals surface area contributed by atoms with Crippen LogP contribution in [0.4, 0.5) is 0 Å². The van der Waals surface area contributed by atoms with Crippen molar-refractivity contribution in [2.45, 2.75) is 12.5 Å². The zero-order valence-corrected chi connectivity index (χ0v) is 27.5. The summed E-state index contributed by atoms with van der Waals surface area (Å²) >= 11 is 4.09. The molecule has 2 aromatic carbocycles. The number of aromatic hydroxyl groups is 1. The largest absolute Gasteiger partial charge is 0.508 e. The number of carboxylic acids is 5. The van der Waals surface area contributed by atoms with Gasteiger partial charge in [-0.2, -0.15) is 0 Å². The summed E-state index contributed by atoms with van der Waals surface area (Å²) in [6.07, 6.45) is -0.0451. The highest BCUT2D eigenvalue weighted by atomic mass is 127. The number of phenols is 1. The zero-order chi connectivity index (χ0) is 33.0. The number of hydrogen-bond acceptors (Lipinski definition) is 10. The fourth-order valence-corrected chi connectivity index (χ4v) is 6.33. The maximum absolute atomic E-state index is 12.6. The van der Waals surface area contributed by atoms with E-state index in [4.69, 9.17) is 4.74 Å². The zero-order valence-electron chi connectivity index (χ0n) is 23.1. The Kier molecular flexibility index (Phi) is 15.0. The first-order valence-electron chi connectivity index (χ1n) is 12.9. The van der Waals surface area contributed by atoms with Gasteiger partial charge in [0.25, 0.3) is 0 Å². The lowest BCUT2D eigenvalue weighted by molar-refractivity contribution is -0.146. The van der Waals surface area contributed by atoms with E-state index in [0.29, 0.717) is 24.2 Å². The molecule has 240 valence electrons. The summed E-state index contributed by atoms with van der Waals surface area (Å²) in [5.74, 6) is -5.29. The van der Waals surface area contributed by atoms with Crippen LogP contribution in [0.3, 0.4) is 0 Å². The number of aliphatic carboxylic acids is 5. The van der Waals surface area contributed by atoms with Gasteiger partial charge >= 0.3 is 29.8 Å². The number of halogens is 2. The van der Waals surface area contributed by atoms with Crippen LogP contribution in [0.2, 0.25) is 0 Å². The summed E-state index contributed by atoms with van der Waals surface area (Å²) in [4.78, 5) is 61.3. The first kappa shape index (κ1) is 36.9. The van der Waals surface area contributed by atoms with E-state index in [-0.39, 0.29) is 38.3 Å². The third kappa shape index (κ3) is 13.2. The number of carbonyl (C=O) groups is 5. The van der Waals surface area contributed by atoms with Gasteiger partial charge in [0.2, 0.25) is 0 Å².